The average molecular weight is 364 g/mol. The summed E-state index contributed by atoms with van der Waals surface area (Å²) in [6.45, 7) is 3.74. The minimum atomic E-state index is -0.653. The van der Waals surface area contributed by atoms with Crippen molar-refractivity contribution in [1.82, 2.24) is 20.1 Å². The van der Waals surface area contributed by atoms with Gasteiger partial charge in [0.2, 0.25) is 5.91 Å². The number of benzene rings is 1. The number of ether oxygens (including phenoxy) is 1. The summed E-state index contributed by atoms with van der Waals surface area (Å²) in [5.41, 5.74) is 0. The number of hydrogen-bond acceptors (Lipinski definition) is 4. The van der Waals surface area contributed by atoms with E-state index in [2.05, 4.69) is 15.4 Å². The topological polar surface area (TPSA) is 69.0 Å². The van der Waals surface area contributed by atoms with Gasteiger partial charge < -0.3 is 10.1 Å². The first-order chi connectivity index (χ1) is 12.4. The average Bonchev–Trinajstić information content (AvgIpc) is 2.85. The van der Waals surface area contributed by atoms with Crippen molar-refractivity contribution in [2.45, 2.75) is 58.2 Å². The van der Waals surface area contributed by atoms with E-state index in [1.54, 1.807) is 11.6 Å². The molecule has 1 saturated carbocycles. The number of carbonyl (C=O) groups excluding carboxylic acids is 1. The van der Waals surface area contributed by atoms with E-state index in [0.29, 0.717) is 24.5 Å². The van der Waals surface area contributed by atoms with E-state index in [9.17, 15) is 13.6 Å². The summed E-state index contributed by atoms with van der Waals surface area (Å²) < 4.78 is 33.7. The van der Waals surface area contributed by atoms with Crippen LogP contribution in [0.5, 0.6) is 5.75 Å². The van der Waals surface area contributed by atoms with Crippen LogP contribution in [-0.4, -0.2) is 32.8 Å². The summed E-state index contributed by atoms with van der Waals surface area (Å²) >= 11 is 0. The molecule has 1 aromatic carbocycles. The van der Waals surface area contributed by atoms with Gasteiger partial charge in [-0.05, 0) is 39.5 Å². The molecule has 1 fully saturated rings. The third kappa shape index (κ3) is 4.77. The second-order valence-corrected chi connectivity index (χ2v) is 6.63. The van der Waals surface area contributed by atoms with Crippen LogP contribution in [0.25, 0.3) is 0 Å². The van der Waals surface area contributed by atoms with Crippen LogP contribution >= 0.6 is 0 Å². The Hall–Kier alpha value is -2.51. The smallest absolute Gasteiger partial charge is 0.242 e. The normalized spacial score (nSPS) is 20.0. The molecule has 0 spiro atoms. The largest absolute Gasteiger partial charge is 0.490 e. The minimum Gasteiger partial charge on any atom is -0.490 e. The molecule has 0 atom stereocenters. The molecule has 1 N–H and O–H groups in total. The second-order valence-electron chi connectivity index (χ2n) is 6.63. The van der Waals surface area contributed by atoms with Gasteiger partial charge in [-0.2, -0.15) is 5.10 Å². The van der Waals surface area contributed by atoms with Gasteiger partial charge in [-0.3, -0.25) is 4.79 Å². The zero-order valence-electron chi connectivity index (χ0n) is 14.8. The van der Waals surface area contributed by atoms with Crippen LogP contribution in [0.4, 0.5) is 8.78 Å². The fraction of sp³-hybridized carbons (Fsp3) is 0.500. The van der Waals surface area contributed by atoms with Gasteiger partial charge in [0.15, 0.2) is 0 Å². The Kier molecular flexibility index (Phi) is 5.49. The van der Waals surface area contributed by atoms with Crippen molar-refractivity contribution in [2.75, 3.05) is 0 Å². The van der Waals surface area contributed by atoms with Gasteiger partial charge in [0, 0.05) is 24.2 Å². The zero-order valence-corrected chi connectivity index (χ0v) is 14.8. The van der Waals surface area contributed by atoms with E-state index in [0.717, 1.165) is 18.9 Å². The predicted octanol–water partition coefficient (Wildman–Crippen LogP) is 2.68. The fourth-order valence-electron chi connectivity index (χ4n) is 3.23. The van der Waals surface area contributed by atoms with Gasteiger partial charge >= 0.3 is 0 Å². The molecule has 1 aliphatic rings. The molecule has 140 valence electrons. The van der Waals surface area contributed by atoms with E-state index in [1.807, 2.05) is 6.92 Å². The van der Waals surface area contributed by atoms with E-state index >= 15 is 0 Å². The lowest BCUT2D eigenvalue weighted by Gasteiger charge is -2.29. The maximum atomic E-state index is 13.2. The van der Waals surface area contributed by atoms with Crippen molar-refractivity contribution in [3.05, 3.63) is 41.5 Å². The SMILES string of the molecule is Cc1nc(C)n(CC(=O)NC2CCC(Oc3cc(F)cc(F)c3)CC2)n1. The van der Waals surface area contributed by atoms with Gasteiger partial charge in [-0.25, -0.2) is 18.4 Å². The summed E-state index contributed by atoms with van der Waals surface area (Å²) in [5.74, 6) is 0.139. The monoisotopic (exact) mass is 364 g/mol. The molecule has 0 bridgehead atoms. The lowest BCUT2D eigenvalue weighted by atomic mass is 9.93. The van der Waals surface area contributed by atoms with Gasteiger partial charge in [0.25, 0.3) is 0 Å². The lowest BCUT2D eigenvalue weighted by molar-refractivity contribution is -0.122. The molecule has 8 heteroatoms. The molecular formula is C18H22F2N4O2. The quantitative estimate of drug-likeness (QED) is 0.886. The molecule has 0 saturated heterocycles. The predicted molar refractivity (Wildman–Crippen MR) is 90.7 cm³/mol. The third-order valence-electron chi connectivity index (χ3n) is 4.43. The standard InChI is InChI=1S/C18H22F2N4O2/c1-11-21-12(2)24(23-11)10-18(25)22-15-3-5-16(6-4-15)26-17-8-13(19)7-14(20)9-17/h7-9,15-16H,3-6,10H2,1-2H3,(H,22,25). The van der Waals surface area contributed by atoms with Crippen LogP contribution in [0, 0.1) is 25.5 Å². The van der Waals surface area contributed by atoms with Crippen LogP contribution < -0.4 is 10.1 Å². The molecule has 1 aliphatic carbocycles. The van der Waals surface area contributed by atoms with Gasteiger partial charge in [0.05, 0.1) is 6.10 Å². The first-order valence-electron chi connectivity index (χ1n) is 8.69. The number of carbonyl (C=O) groups is 1. The molecule has 0 aliphatic heterocycles. The van der Waals surface area contributed by atoms with Crippen molar-refractivity contribution in [1.29, 1.82) is 0 Å². The molecule has 0 radical (unpaired) electrons. The summed E-state index contributed by atoms with van der Waals surface area (Å²) in [4.78, 5) is 16.4. The van der Waals surface area contributed by atoms with Crippen molar-refractivity contribution in [2.24, 2.45) is 0 Å². The van der Waals surface area contributed by atoms with Crippen LogP contribution in [0.3, 0.4) is 0 Å². The fourth-order valence-corrected chi connectivity index (χ4v) is 3.23. The summed E-state index contributed by atoms with van der Waals surface area (Å²) in [6, 6.07) is 3.24. The summed E-state index contributed by atoms with van der Waals surface area (Å²) in [5, 5.41) is 7.18. The van der Waals surface area contributed by atoms with Crippen molar-refractivity contribution >= 4 is 5.91 Å². The third-order valence-corrected chi connectivity index (χ3v) is 4.43. The highest BCUT2D eigenvalue weighted by molar-refractivity contribution is 5.76. The van der Waals surface area contributed by atoms with Gasteiger partial charge in [-0.15, -0.1) is 0 Å². The van der Waals surface area contributed by atoms with E-state index in [-0.39, 0.29) is 30.3 Å². The Morgan fingerprint density at radius 3 is 2.42 bits per heavy atom. The maximum absolute atomic E-state index is 13.2. The van der Waals surface area contributed by atoms with Crippen molar-refractivity contribution in [3.63, 3.8) is 0 Å². The Labute approximate surface area is 150 Å². The van der Waals surface area contributed by atoms with Crippen molar-refractivity contribution < 1.29 is 18.3 Å². The lowest BCUT2D eigenvalue weighted by Crippen LogP contribution is -2.41. The van der Waals surface area contributed by atoms with Crippen LogP contribution in [-0.2, 0) is 11.3 Å². The highest BCUT2D eigenvalue weighted by Crippen LogP contribution is 2.25. The molecule has 3 rings (SSSR count). The van der Waals surface area contributed by atoms with Crippen LogP contribution in [0.1, 0.15) is 37.3 Å². The zero-order chi connectivity index (χ0) is 18.7. The molecule has 1 heterocycles. The number of rotatable bonds is 5. The first kappa shape index (κ1) is 18.3. The highest BCUT2D eigenvalue weighted by Gasteiger charge is 2.24. The molecule has 0 unspecified atom stereocenters. The number of aryl methyl sites for hydroxylation is 2. The number of halogens is 2. The number of nitrogens with one attached hydrogen (secondary N) is 1. The second kappa shape index (κ2) is 7.80. The Bertz CT molecular complexity index is 765. The Morgan fingerprint density at radius 2 is 1.85 bits per heavy atom. The van der Waals surface area contributed by atoms with Gasteiger partial charge in [-0.1, -0.05) is 0 Å². The number of hydrogen-bond donors (Lipinski definition) is 1. The number of nitrogens with zero attached hydrogens (tertiary/aromatic N) is 3. The Balaban J connectivity index is 1.46. The molecule has 1 aromatic heterocycles. The molecular weight excluding hydrogens is 342 g/mol. The molecule has 6 nitrogen and oxygen atoms in total. The van der Waals surface area contributed by atoms with Crippen molar-refractivity contribution in [3.8, 4) is 5.75 Å². The number of aromatic nitrogens is 3. The molecule has 2 aromatic rings. The van der Waals surface area contributed by atoms with E-state index in [1.165, 1.54) is 12.1 Å². The summed E-state index contributed by atoms with van der Waals surface area (Å²) in [7, 11) is 0. The molecule has 26 heavy (non-hydrogen) atoms. The van der Waals surface area contributed by atoms with Gasteiger partial charge in [0.1, 0.15) is 35.6 Å². The van der Waals surface area contributed by atoms with E-state index in [4.69, 9.17) is 4.74 Å². The minimum absolute atomic E-state index is 0.0662. The van der Waals surface area contributed by atoms with Crippen LogP contribution in [0.2, 0.25) is 0 Å². The van der Waals surface area contributed by atoms with Crippen LogP contribution in [0.15, 0.2) is 18.2 Å². The number of amides is 1. The maximum Gasteiger partial charge on any atom is 0.242 e. The Morgan fingerprint density at radius 1 is 1.19 bits per heavy atom. The summed E-state index contributed by atoms with van der Waals surface area (Å²) in [6.07, 6.45) is 2.83. The molecule has 1 amide bonds. The van der Waals surface area contributed by atoms with E-state index < -0.39 is 11.6 Å². The highest BCUT2D eigenvalue weighted by atomic mass is 19.1. The first-order valence-corrected chi connectivity index (χ1v) is 8.69.